The van der Waals surface area contributed by atoms with Crippen LogP contribution in [0.15, 0.2) is 0 Å². The summed E-state index contributed by atoms with van der Waals surface area (Å²) in [4.78, 5) is 59.0. The molecule has 0 fully saturated rings. The van der Waals surface area contributed by atoms with E-state index in [2.05, 4.69) is 10.6 Å². The number of nitrogens with one attached hydrogen (secondary N) is 3. The molecule has 0 aliphatic heterocycles. The molecule has 0 bridgehead atoms. The molecule has 0 radical (unpaired) electrons. The molecule has 5 atom stereocenters. The van der Waals surface area contributed by atoms with Crippen LogP contribution in [0, 0.1) is 5.92 Å². The molecule has 0 aromatic rings. The van der Waals surface area contributed by atoms with Gasteiger partial charge in [-0.3, -0.25) is 19.2 Å². The van der Waals surface area contributed by atoms with Gasteiger partial charge in [0.05, 0.1) is 19.1 Å². The predicted octanol–water partition coefficient (Wildman–Crippen LogP) is -4.24. The second-order valence-corrected chi connectivity index (χ2v) is 6.81. The van der Waals surface area contributed by atoms with E-state index < -0.39 is 78.8 Å². The van der Waals surface area contributed by atoms with Crippen LogP contribution >= 0.6 is 0 Å². The molecule has 0 aliphatic rings. The summed E-state index contributed by atoms with van der Waals surface area (Å²) < 4.78 is 0. The minimum absolute atomic E-state index is 0.471. The van der Waals surface area contributed by atoms with Crippen molar-refractivity contribution >= 4 is 29.6 Å². The number of carboxylic acids is 1. The summed E-state index contributed by atoms with van der Waals surface area (Å²) in [7, 11) is 0. The van der Waals surface area contributed by atoms with Crippen LogP contribution in [0.2, 0.25) is 0 Å². The Labute approximate surface area is 167 Å². The van der Waals surface area contributed by atoms with E-state index in [1.54, 1.807) is 13.8 Å². The number of carbonyl (C=O) groups excluding carboxylic acids is 4. The third-order valence-electron chi connectivity index (χ3n) is 3.90. The van der Waals surface area contributed by atoms with Gasteiger partial charge in [-0.25, -0.2) is 4.79 Å². The Balaban J connectivity index is 5.38. The molecule has 0 rings (SSSR count). The lowest BCUT2D eigenvalue weighted by Gasteiger charge is -2.26. The van der Waals surface area contributed by atoms with E-state index in [-0.39, 0.29) is 0 Å². The van der Waals surface area contributed by atoms with Crippen molar-refractivity contribution in [1.82, 2.24) is 16.0 Å². The van der Waals surface area contributed by atoms with Gasteiger partial charge in [0, 0.05) is 0 Å². The lowest BCUT2D eigenvalue weighted by atomic mass is 10.0. The Bertz CT molecular complexity index is 624. The van der Waals surface area contributed by atoms with E-state index in [1.165, 1.54) is 6.92 Å². The number of aliphatic hydroxyl groups excluding tert-OH is 2. The maximum atomic E-state index is 12.6. The molecule has 0 aliphatic carbocycles. The fourth-order valence-electron chi connectivity index (χ4n) is 2.13. The molecule has 0 saturated heterocycles. The van der Waals surface area contributed by atoms with Crippen LogP contribution in [0.25, 0.3) is 0 Å². The van der Waals surface area contributed by atoms with Crippen molar-refractivity contribution in [1.29, 1.82) is 0 Å². The SMILES string of the molecule is CC(C)C(NC(=O)C(N)C(C)O)C(=O)NC(CC(N)=O)C(=O)NC(CO)C(=O)O. The standard InChI is InChI=1S/C16H29N5O8/c1-6(2)12(21-14(26)11(18)7(3)23)15(27)19-8(4-10(17)24)13(25)20-9(5-22)16(28)29/h6-9,11-12,22-23H,4-5,18H2,1-3H3,(H2,17,24)(H,19,27)(H,20,25)(H,21,26)(H,28,29). The largest absolute Gasteiger partial charge is 0.480 e. The number of hydrogen-bond acceptors (Lipinski definition) is 8. The summed E-state index contributed by atoms with van der Waals surface area (Å²) in [6, 6.07) is -5.67. The monoisotopic (exact) mass is 419 g/mol. The first-order valence-corrected chi connectivity index (χ1v) is 8.78. The van der Waals surface area contributed by atoms with Gasteiger partial charge in [0.25, 0.3) is 0 Å². The predicted molar refractivity (Wildman–Crippen MR) is 98.8 cm³/mol. The van der Waals surface area contributed by atoms with Crippen molar-refractivity contribution in [2.24, 2.45) is 17.4 Å². The van der Waals surface area contributed by atoms with E-state index in [0.717, 1.165) is 0 Å². The van der Waals surface area contributed by atoms with E-state index in [9.17, 15) is 29.1 Å². The Morgan fingerprint density at radius 2 is 1.41 bits per heavy atom. The van der Waals surface area contributed by atoms with Crippen molar-refractivity contribution in [3.05, 3.63) is 0 Å². The molecule has 5 unspecified atom stereocenters. The van der Waals surface area contributed by atoms with Crippen molar-refractivity contribution in [3.8, 4) is 0 Å². The Kier molecular flexibility index (Phi) is 10.8. The molecular weight excluding hydrogens is 390 g/mol. The number of nitrogens with two attached hydrogens (primary N) is 2. The molecular formula is C16H29N5O8. The summed E-state index contributed by atoms with van der Waals surface area (Å²) >= 11 is 0. The Morgan fingerprint density at radius 3 is 1.79 bits per heavy atom. The number of hydrogen-bond donors (Lipinski definition) is 8. The number of aliphatic carboxylic acids is 1. The number of carbonyl (C=O) groups is 5. The van der Waals surface area contributed by atoms with Gasteiger partial charge in [-0.2, -0.15) is 0 Å². The highest BCUT2D eigenvalue weighted by atomic mass is 16.4. The summed E-state index contributed by atoms with van der Waals surface area (Å²) in [6.07, 6.45) is -1.83. The van der Waals surface area contributed by atoms with Crippen molar-refractivity contribution in [2.75, 3.05) is 6.61 Å². The molecule has 0 heterocycles. The van der Waals surface area contributed by atoms with Gasteiger partial charge in [0.1, 0.15) is 24.2 Å². The normalized spacial score (nSPS) is 16.1. The Hall–Kier alpha value is -2.77. The summed E-state index contributed by atoms with van der Waals surface area (Å²) in [5, 5.41) is 33.8. The minimum atomic E-state index is -1.65. The average Bonchev–Trinajstić information content (AvgIpc) is 2.61. The van der Waals surface area contributed by atoms with Gasteiger partial charge >= 0.3 is 5.97 Å². The minimum Gasteiger partial charge on any atom is -0.480 e. The molecule has 0 spiro atoms. The van der Waals surface area contributed by atoms with Gasteiger partial charge in [0.2, 0.25) is 23.6 Å². The maximum absolute atomic E-state index is 12.6. The molecule has 0 aromatic heterocycles. The van der Waals surface area contributed by atoms with Crippen molar-refractivity contribution in [2.45, 2.75) is 57.5 Å². The molecule has 13 nitrogen and oxygen atoms in total. The molecule has 4 amide bonds. The van der Waals surface area contributed by atoms with Crippen molar-refractivity contribution in [3.63, 3.8) is 0 Å². The van der Waals surface area contributed by atoms with Gasteiger partial charge in [-0.1, -0.05) is 13.8 Å². The van der Waals surface area contributed by atoms with Crippen LogP contribution in [-0.2, 0) is 24.0 Å². The number of rotatable bonds is 12. The summed E-state index contributed by atoms with van der Waals surface area (Å²) in [5.74, 6) is -5.68. The van der Waals surface area contributed by atoms with Crippen LogP contribution in [0.5, 0.6) is 0 Å². The number of amides is 4. The third kappa shape index (κ3) is 8.85. The van der Waals surface area contributed by atoms with Gasteiger partial charge in [-0.15, -0.1) is 0 Å². The van der Waals surface area contributed by atoms with E-state index in [4.69, 9.17) is 21.7 Å². The number of aliphatic hydroxyl groups is 2. The van der Waals surface area contributed by atoms with E-state index in [0.29, 0.717) is 0 Å². The highest BCUT2D eigenvalue weighted by molar-refractivity contribution is 5.96. The maximum Gasteiger partial charge on any atom is 0.328 e. The first-order valence-electron chi connectivity index (χ1n) is 8.78. The van der Waals surface area contributed by atoms with Gasteiger partial charge in [0.15, 0.2) is 0 Å². The summed E-state index contributed by atoms with van der Waals surface area (Å²) in [5.41, 5.74) is 10.6. The van der Waals surface area contributed by atoms with Gasteiger partial charge < -0.3 is 42.7 Å². The lowest BCUT2D eigenvalue weighted by molar-refractivity contribution is -0.143. The molecule has 29 heavy (non-hydrogen) atoms. The smallest absolute Gasteiger partial charge is 0.328 e. The lowest BCUT2D eigenvalue weighted by Crippen LogP contribution is -2.60. The fourth-order valence-corrected chi connectivity index (χ4v) is 2.13. The molecule has 0 aromatic carbocycles. The number of carboxylic acid groups (broad SMARTS) is 1. The van der Waals surface area contributed by atoms with E-state index >= 15 is 0 Å². The van der Waals surface area contributed by atoms with Crippen LogP contribution in [0.4, 0.5) is 0 Å². The zero-order valence-electron chi connectivity index (χ0n) is 16.4. The quantitative estimate of drug-likeness (QED) is 0.153. The fraction of sp³-hybridized carbons (Fsp3) is 0.688. The Morgan fingerprint density at radius 1 is 0.897 bits per heavy atom. The first kappa shape index (κ1) is 26.2. The molecule has 13 heteroatoms. The molecule has 10 N–H and O–H groups in total. The zero-order valence-corrected chi connectivity index (χ0v) is 16.4. The first-order chi connectivity index (χ1) is 13.3. The molecule has 166 valence electrons. The second kappa shape index (κ2) is 11.9. The third-order valence-corrected chi connectivity index (χ3v) is 3.90. The van der Waals surface area contributed by atoms with Crippen molar-refractivity contribution < 1.29 is 39.3 Å². The topological polar surface area (TPSA) is 234 Å². The second-order valence-electron chi connectivity index (χ2n) is 6.81. The highest BCUT2D eigenvalue weighted by Crippen LogP contribution is 2.05. The summed E-state index contributed by atoms with van der Waals surface area (Å²) in [6.45, 7) is 3.56. The van der Waals surface area contributed by atoms with Crippen LogP contribution in [0.3, 0.4) is 0 Å². The average molecular weight is 419 g/mol. The van der Waals surface area contributed by atoms with Crippen LogP contribution in [-0.4, -0.2) is 81.8 Å². The number of primary amides is 1. The molecule has 0 saturated carbocycles. The van der Waals surface area contributed by atoms with Gasteiger partial charge in [-0.05, 0) is 12.8 Å². The highest BCUT2D eigenvalue weighted by Gasteiger charge is 2.32. The van der Waals surface area contributed by atoms with E-state index in [1.807, 2.05) is 5.32 Å². The van der Waals surface area contributed by atoms with Crippen LogP contribution < -0.4 is 27.4 Å². The van der Waals surface area contributed by atoms with Crippen LogP contribution in [0.1, 0.15) is 27.2 Å². The zero-order chi connectivity index (χ0) is 22.9.